The van der Waals surface area contributed by atoms with E-state index in [0.717, 1.165) is 20.5 Å². The van der Waals surface area contributed by atoms with Crippen LogP contribution in [0, 0.1) is 13.8 Å². The standard InChI is InChI=1S/C19H16N4O3S/c1-10-14-5-4-12(25-13-6-7-21-15(8-13)19(24)20-3)9-16(14)27-17(10)18-22-11(2)26-23-18/h4-9H,1-3H3,(H,20,24). The van der Waals surface area contributed by atoms with Crippen LogP contribution < -0.4 is 10.1 Å². The summed E-state index contributed by atoms with van der Waals surface area (Å²) < 4.78 is 12.1. The minimum absolute atomic E-state index is 0.259. The monoisotopic (exact) mass is 380 g/mol. The van der Waals surface area contributed by atoms with Crippen LogP contribution in [0.3, 0.4) is 0 Å². The van der Waals surface area contributed by atoms with Crippen molar-refractivity contribution in [3.05, 3.63) is 53.7 Å². The fourth-order valence-electron chi connectivity index (χ4n) is 2.74. The van der Waals surface area contributed by atoms with Crippen LogP contribution >= 0.6 is 11.3 Å². The third-order valence-corrected chi connectivity index (χ3v) is 5.32. The number of fused-ring (bicyclic) bond motifs is 1. The van der Waals surface area contributed by atoms with Gasteiger partial charge in [0.2, 0.25) is 11.7 Å². The van der Waals surface area contributed by atoms with Gasteiger partial charge in [-0.2, -0.15) is 4.98 Å². The van der Waals surface area contributed by atoms with E-state index in [4.69, 9.17) is 9.26 Å². The van der Waals surface area contributed by atoms with Gasteiger partial charge in [0.1, 0.15) is 17.2 Å². The molecule has 0 radical (unpaired) electrons. The largest absolute Gasteiger partial charge is 0.457 e. The number of nitrogens with zero attached hydrogens (tertiary/aromatic N) is 3. The zero-order chi connectivity index (χ0) is 19.0. The van der Waals surface area contributed by atoms with Gasteiger partial charge in [-0.3, -0.25) is 9.78 Å². The van der Waals surface area contributed by atoms with E-state index in [2.05, 4.69) is 20.4 Å². The number of thiophene rings is 1. The molecule has 0 spiro atoms. The van der Waals surface area contributed by atoms with E-state index < -0.39 is 0 Å². The molecule has 1 N–H and O–H groups in total. The Labute approximate surface area is 159 Å². The van der Waals surface area contributed by atoms with Gasteiger partial charge in [-0.25, -0.2) is 0 Å². The molecule has 136 valence electrons. The predicted octanol–water partition coefficient (Wildman–Crippen LogP) is 4.12. The van der Waals surface area contributed by atoms with E-state index in [-0.39, 0.29) is 5.91 Å². The van der Waals surface area contributed by atoms with Crippen molar-refractivity contribution in [2.24, 2.45) is 0 Å². The maximum absolute atomic E-state index is 11.7. The average Bonchev–Trinajstić information content (AvgIpc) is 3.24. The van der Waals surface area contributed by atoms with E-state index in [1.165, 1.54) is 0 Å². The van der Waals surface area contributed by atoms with Crippen molar-refractivity contribution in [2.45, 2.75) is 13.8 Å². The number of aryl methyl sites for hydroxylation is 2. The zero-order valence-corrected chi connectivity index (χ0v) is 15.8. The van der Waals surface area contributed by atoms with Crippen LogP contribution in [-0.2, 0) is 0 Å². The van der Waals surface area contributed by atoms with E-state index in [0.29, 0.717) is 28.9 Å². The van der Waals surface area contributed by atoms with E-state index in [9.17, 15) is 4.79 Å². The molecule has 1 amide bonds. The molecule has 7 nitrogen and oxygen atoms in total. The number of amides is 1. The molecule has 3 heterocycles. The van der Waals surface area contributed by atoms with Gasteiger partial charge >= 0.3 is 0 Å². The number of ether oxygens (including phenoxy) is 1. The normalized spacial score (nSPS) is 10.9. The van der Waals surface area contributed by atoms with E-state index in [1.807, 2.05) is 25.1 Å². The maximum atomic E-state index is 11.7. The van der Waals surface area contributed by atoms with Crippen LogP contribution in [0.25, 0.3) is 20.8 Å². The summed E-state index contributed by atoms with van der Waals surface area (Å²) in [5.74, 6) is 2.09. The van der Waals surface area contributed by atoms with Crippen molar-refractivity contribution >= 4 is 27.3 Å². The fraction of sp³-hybridized carbons (Fsp3) is 0.158. The second-order valence-electron chi connectivity index (χ2n) is 5.91. The summed E-state index contributed by atoms with van der Waals surface area (Å²) in [5, 5.41) is 7.68. The molecule has 1 aromatic carbocycles. The van der Waals surface area contributed by atoms with Gasteiger partial charge in [0.25, 0.3) is 5.91 Å². The Hall–Kier alpha value is -3.26. The lowest BCUT2D eigenvalue weighted by atomic mass is 10.1. The molecule has 0 aliphatic heterocycles. The molecule has 27 heavy (non-hydrogen) atoms. The van der Waals surface area contributed by atoms with Crippen LogP contribution in [0.1, 0.15) is 21.9 Å². The summed E-state index contributed by atoms with van der Waals surface area (Å²) in [5.41, 5.74) is 1.41. The molecule has 0 fully saturated rings. The van der Waals surface area contributed by atoms with Crippen LogP contribution in [-0.4, -0.2) is 28.1 Å². The minimum Gasteiger partial charge on any atom is -0.457 e. The fourth-order valence-corrected chi connectivity index (χ4v) is 3.90. The van der Waals surface area contributed by atoms with Crippen molar-refractivity contribution in [1.29, 1.82) is 0 Å². The maximum Gasteiger partial charge on any atom is 0.269 e. The van der Waals surface area contributed by atoms with Crippen LogP contribution in [0.4, 0.5) is 0 Å². The first-order valence-corrected chi connectivity index (χ1v) is 9.06. The molecule has 0 bridgehead atoms. The first-order valence-electron chi connectivity index (χ1n) is 8.25. The molecular formula is C19H16N4O3S. The average molecular weight is 380 g/mol. The summed E-state index contributed by atoms with van der Waals surface area (Å²) >= 11 is 1.59. The van der Waals surface area contributed by atoms with Gasteiger partial charge in [-0.15, -0.1) is 11.3 Å². The lowest BCUT2D eigenvalue weighted by molar-refractivity contribution is 0.0958. The summed E-state index contributed by atoms with van der Waals surface area (Å²) in [6, 6.07) is 9.19. The molecule has 3 aromatic heterocycles. The van der Waals surface area contributed by atoms with Crippen LogP contribution in [0.5, 0.6) is 11.5 Å². The number of nitrogens with one attached hydrogen (secondary N) is 1. The highest BCUT2D eigenvalue weighted by Crippen LogP contribution is 2.39. The van der Waals surface area contributed by atoms with Crippen molar-refractivity contribution in [1.82, 2.24) is 20.4 Å². The van der Waals surface area contributed by atoms with Gasteiger partial charge in [0.05, 0.1) is 4.88 Å². The molecule has 8 heteroatoms. The number of aromatic nitrogens is 3. The molecular weight excluding hydrogens is 364 g/mol. The quantitative estimate of drug-likeness (QED) is 0.573. The Balaban J connectivity index is 1.67. The highest BCUT2D eigenvalue weighted by Gasteiger charge is 2.16. The van der Waals surface area contributed by atoms with Gasteiger partial charge in [0, 0.05) is 30.9 Å². The summed E-state index contributed by atoms with van der Waals surface area (Å²) in [7, 11) is 1.56. The van der Waals surface area contributed by atoms with Crippen molar-refractivity contribution in [3.63, 3.8) is 0 Å². The SMILES string of the molecule is CNC(=O)c1cc(Oc2ccc3c(C)c(-c4noc(C)n4)sc3c2)ccn1. The van der Waals surface area contributed by atoms with E-state index >= 15 is 0 Å². The molecule has 0 aliphatic rings. The molecule has 4 rings (SSSR count). The second-order valence-corrected chi connectivity index (χ2v) is 6.96. The van der Waals surface area contributed by atoms with Gasteiger partial charge in [-0.1, -0.05) is 5.16 Å². The number of benzene rings is 1. The highest BCUT2D eigenvalue weighted by molar-refractivity contribution is 7.22. The predicted molar refractivity (Wildman–Crippen MR) is 102 cm³/mol. The Kier molecular flexibility index (Phi) is 4.33. The first kappa shape index (κ1) is 17.2. The number of hydrogen-bond acceptors (Lipinski definition) is 7. The number of hydrogen-bond donors (Lipinski definition) is 1. The third-order valence-electron chi connectivity index (χ3n) is 4.07. The summed E-state index contributed by atoms with van der Waals surface area (Å²) in [6.45, 7) is 3.81. The topological polar surface area (TPSA) is 90.1 Å². The van der Waals surface area contributed by atoms with Crippen molar-refractivity contribution in [3.8, 4) is 22.2 Å². The van der Waals surface area contributed by atoms with Gasteiger partial charge in [-0.05, 0) is 42.1 Å². The van der Waals surface area contributed by atoms with Gasteiger partial charge in [0.15, 0.2) is 0 Å². The zero-order valence-electron chi connectivity index (χ0n) is 14.9. The summed E-state index contributed by atoms with van der Waals surface area (Å²) in [4.78, 5) is 21.1. The lowest BCUT2D eigenvalue weighted by Gasteiger charge is -2.07. The highest BCUT2D eigenvalue weighted by atomic mass is 32.1. The molecule has 4 aromatic rings. The molecule has 0 saturated carbocycles. The Morgan fingerprint density at radius 3 is 2.74 bits per heavy atom. The Morgan fingerprint density at radius 2 is 2.00 bits per heavy atom. The molecule has 0 saturated heterocycles. The Bertz CT molecular complexity index is 1150. The van der Waals surface area contributed by atoms with Crippen LogP contribution in [0.15, 0.2) is 41.1 Å². The van der Waals surface area contributed by atoms with E-state index in [1.54, 1.807) is 43.6 Å². The lowest BCUT2D eigenvalue weighted by Crippen LogP contribution is -2.18. The smallest absolute Gasteiger partial charge is 0.269 e. The van der Waals surface area contributed by atoms with Crippen LogP contribution in [0.2, 0.25) is 0 Å². The molecule has 0 atom stereocenters. The first-order chi connectivity index (χ1) is 13.0. The number of pyridine rings is 1. The van der Waals surface area contributed by atoms with Crippen molar-refractivity contribution in [2.75, 3.05) is 7.05 Å². The summed E-state index contributed by atoms with van der Waals surface area (Å²) in [6.07, 6.45) is 1.55. The molecule has 0 aliphatic carbocycles. The Morgan fingerprint density at radius 1 is 1.19 bits per heavy atom. The number of carbonyl (C=O) groups excluding carboxylic acids is 1. The molecule has 0 unspecified atom stereocenters. The second kappa shape index (κ2) is 6.81. The third kappa shape index (κ3) is 3.26. The minimum atomic E-state index is -0.259. The number of carbonyl (C=O) groups is 1. The van der Waals surface area contributed by atoms with Gasteiger partial charge < -0.3 is 14.6 Å². The van der Waals surface area contributed by atoms with Crippen molar-refractivity contribution < 1.29 is 14.1 Å². The number of rotatable bonds is 4.